The highest BCUT2D eigenvalue weighted by atomic mass is 32.2. The summed E-state index contributed by atoms with van der Waals surface area (Å²) in [5, 5.41) is 8.25. The predicted molar refractivity (Wildman–Crippen MR) is 121 cm³/mol. The second kappa shape index (κ2) is 9.41. The first-order valence-electron chi connectivity index (χ1n) is 9.76. The number of rotatable bonds is 7. The highest BCUT2D eigenvalue weighted by Gasteiger charge is 2.16. The molecule has 0 radical (unpaired) electrons. The summed E-state index contributed by atoms with van der Waals surface area (Å²) in [6.07, 6.45) is 0. The van der Waals surface area contributed by atoms with Gasteiger partial charge >= 0.3 is 0 Å². The molecule has 0 spiro atoms. The van der Waals surface area contributed by atoms with E-state index in [0.717, 1.165) is 22.6 Å². The molecule has 1 amide bonds. The van der Waals surface area contributed by atoms with Gasteiger partial charge in [0, 0.05) is 5.56 Å². The van der Waals surface area contributed by atoms with Crippen LogP contribution in [0.3, 0.4) is 0 Å². The van der Waals surface area contributed by atoms with E-state index in [9.17, 15) is 4.79 Å². The van der Waals surface area contributed by atoms with Crippen LogP contribution in [0.2, 0.25) is 0 Å². The lowest BCUT2D eigenvalue weighted by Gasteiger charge is -2.13. The van der Waals surface area contributed by atoms with Gasteiger partial charge in [0.1, 0.15) is 0 Å². The number of nitrogens with one attached hydrogen (secondary N) is 1. The zero-order valence-electron chi connectivity index (χ0n) is 16.6. The van der Waals surface area contributed by atoms with Gasteiger partial charge in [0.05, 0.1) is 17.5 Å². The third-order valence-corrected chi connectivity index (χ3v) is 5.47. The van der Waals surface area contributed by atoms with Crippen molar-refractivity contribution in [1.82, 2.24) is 20.1 Å². The average molecular weight is 415 g/mol. The maximum absolute atomic E-state index is 12.4. The molecule has 1 atom stereocenters. The molecule has 1 aromatic heterocycles. The summed E-state index contributed by atoms with van der Waals surface area (Å²) in [5.74, 6) is 0.959. The van der Waals surface area contributed by atoms with Crippen LogP contribution in [0.5, 0.6) is 0 Å². The summed E-state index contributed by atoms with van der Waals surface area (Å²) in [7, 11) is 0. The number of hydrogen-bond donors (Lipinski definition) is 1. The zero-order valence-corrected chi connectivity index (χ0v) is 17.4. The quantitative estimate of drug-likeness (QED) is 0.437. The number of thioether (sulfide) groups is 1. The molecule has 0 bridgehead atoms. The standard InChI is InChI=1S/C24H22N4OS/c1-18(19-11-5-2-6-12-19)25-22(29)17-30-24-26-23(20-13-7-3-8-14-20)28(27-24)21-15-9-4-10-16-21/h2-16,18H,17H2,1H3,(H,25,29). The Kier molecular flexibility index (Phi) is 6.25. The van der Waals surface area contributed by atoms with Crippen LogP contribution < -0.4 is 5.32 Å². The van der Waals surface area contributed by atoms with Gasteiger partial charge in [-0.25, -0.2) is 9.67 Å². The van der Waals surface area contributed by atoms with Gasteiger partial charge in [-0.1, -0.05) is 90.6 Å². The second-order valence-electron chi connectivity index (χ2n) is 6.82. The number of aromatic nitrogens is 3. The Labute approximate surface area is 180 Å². The van der Waals surface area contributed by atoms with E-state index in [4.69, 9.17) is 4.98 Å². The van der Waals surface area contributed by atoms with Crippen molar-refractivity contribution >= 4 is 17.7 Å². The van der Waals surface area contributed by atoms with Crippen molar-refractivity contribution in [2.24, 2.45) is 0 Å². The minimum atomic E-state index is -0.0475. The van der Waals surface area contributed by atoms with Gasteiger partial charge in [-0.15, -0.1) is 5.10 Å². The van der Waals surface area contributed by atoms with Gasteiger partial charge in [-0.05, 0) is 24.6 Å². The fourth-order valence-corrected chi connectivity index (χ4v) is 3.75. The first kappa shape index (κ1) is 19.9. The van der Waals surface area contributed by atoms with E-state index >= 15 is 0 Å². The Morgan fingerprint density at radius 3 is 2.20 bits per heavy atom. The van der Waals surface area contributed by atoms with Gasteiger partial charge in [0.25, 0.3) is 0 Å². The number of nitrogens with zero attached hydrogens (tertiary/aromatic N) is 3. The van der Waals surface area contributed by atoms with E-state index in [0.29, 0.717) is 5.16 Å². The van der Waals surface area contributed by atoms with E-state index in [1.54, 1.807) is 0 Å². The van der Waals surface area contributed by atoms with Crippen molar-refractivity contribution in [3.05, 3.63) is 96.6 Å². The Morgan fingerprint density at radius 2 is 1.53 bits per heavy atom. The van der Waals surface area contributed by atoms with E-state index in [-0.39, 0.29) is 17.7 Å². The Balaban J connectivity index is 1.49. The number of carbonyl (C=O) groups excluding carboxylic acids is 1. The molecule has 0 fully saturated rings. The molecule has 0 aliphatic heterocycles. The highest BCUT2D eigenvalue weighted by molar-refractivity contribution is 7.99. The number of benzene rings is 3. The molecule has 6 heteroatoms. The third-order valence-electron chi connectivity index (χ3n) is 4.63. The predicted octanol–water partition coefficient (Wildman–Crippen LogP) is 4.90. The van der Waals surface area contributed by atoms with Crippen molar-refractivity contribution in [1.29, 1.82) is 0 Å². The molecule has 150 valence electrons. The number of hydrogen-bond acceptors (Lipinski definition) is 4. The fourth-order valence-electron chi connectivity index (χ4n) is 3.12. The van der Waals surface area contributed by atoms with E-state index < -0.39 is 0 Å². The average Bonchev–Trinajstić information content (AvgIpc) is 3.24. The molecule has 3 aromatic carbocycles. The lowest BCUT2D eigenvalue weighted by atomic mass is 10.1. The van der Waals surface area contributed by atoms with E-state index in [1.165, 1.54) is 11.8 Å². The molecule has 1 N–H and O–H groups in total. The summed E-state index contributed by atoms with van der Waals surface area (Å²) in [5.41, 5.74) is 2.98. The summed E-state index contributed by atoms with van der Waals surface area (Å²) in [6, 6.07) is 29.7. The molecule has 0 saturated carbocycles. The fraction of sp³-hybridized carbons (Fsp3) is 0.125. The summed E-state index contributed by atoms with van der Waals surface area (Å²) >= 11 is 1.33. The van der Waals surface area contributed by atoms with Gasteiger partial charge in [0.2, 0.25) is 11.1 Å². The SMILES string of the molecule is CC(NC(=O)CSc1nc(-c2ccccc2)n(-c2ccccc2)n1)c1ccccc1. The maximum atomic E-state index is 12.4. The Morgan fingerprint density at radius 1 is 0.933 bits per heavy atom. The third kappa shape index (κ3) is 4.78. The van der Waals surface area contributed by atoms with Crippen LogP contribution in [-0.4, -0.2) is 26.4 Å². The molecule has 0 aliphatic rings. The van der Waals surface area contributed by atoms with Crippen molar-refractivity contribution < 1.29 is 4.79 Å². The minimum absolute atomic E-state index is 0.0472. The molecule has 1 unspecified atom stereocenters. The smallest absolute Gasteiger partial charge is 0.230 e. The number of carbonyl (C=O) groups is 1. The van der Waals surface area contributed by atoms with Crippen molar-refractivity contribution in [3.8, 4) is 17.1 Å². The van der Waals surface area contributed by atoms with E-state index in [2.05, 4.69) is 10.4 Å². The van der Waals surface area contributed by atoms with Crippen LogP contribution in [-0.2, 0) is 4.79 Å². The van der Waals surface area contributed by atoms with Crippen LogP contribution >= 0.6 is 11.8 Å². The maximum Gasteiger partial charge on any atom is 0.230 e. The molecule has 0 aliphatic carbocycles. The lowest BCUT2D eigenvalue weighted by Crippen LogP contribution is -2.28. The largest absolute Gasteiger partial charge is 0.349 e. The van der Waals surface area contributed by atoms with Crippen LogP contribution in [0.15, 0.2) is 96.2 Å². The normalized spacial score (nSPS) is 11.8. The molecular formula is C24H22N4OS. The van der Waals surface area contributed by atoms with Gasteiger partial charge < -0.3 is 5.32 Å². The van der Waals surface area contributed by atoms with Crippen LogP contribution in [0.4, 0.5) is 0 Å². The molecular weight excluding hydrogens is 392 g/mol. The monoisotopic (exact) mass is 414 g/mol. The topological polar surface area (TPSA) is 59.8 Å². The molecule has 1 heterocycles. The first-order chi connectivity index (χ1) is 14.7. The van der Waals surface area contributed by atoms with Gasteiger partial charge in [0.15, 0.2) is 5.82 Å². The van der Waals surface area contributed by atoms with Gasteiger partial charge in [-0.3, -0.25) is 4.79 Å². The van der Waals surface area contributed by atoms with Crippen molar-refractivity contribution in [2.75, 3.05) is 5.75 Å². The molecule has 4 rings (SSSR count). The lowest BCUT2D eigenvalue weighted by molar-refractivity contribution is -0.119. The Hall–Kier alpha value is -3.38. The van der Waals surface area contributed by atoms with Crippen molar-refractivity contribution in [3.63, 3.8) is 0 Å². The zero-order chi connectivity index (χ0) is 20.8. The minimum Gasteiger partial charge on any atom is -0.349 e. The number of para-hydroxylation sites is 1. The first-order valence-corrected chi connectivity index (χ1v) is 10.7. The molecule has 30 heavy (non-hydrogen) atoms. The summed E-state index contributed by atoms with van der Waals surface area (Å²) in [6.45, 7) is 1.98. The van der Waals surface area contributed by atoms with Crippen molar-refractivity contribution in [2.45, 2.75) is 18.1 Å². The molecule has 5 nitrogen and oxygen atoms in total. The van der Waals surface area contributed by atoms with Gasteiger partial charge in [-0.2, -0.15) is 0 Å². The molecule has 0 saturated heterocycles. The van der Waals surface area contributed by atoms with E-state index in [1.807, 2.05) is 103 Å². The second-order valence-corrected chi connectivity index (χ2v) is 7.76. The van der Waals surface area contributed by atoms with Crippen LogP contribution in [0.25, 0.3) is 17.1 Å². The van der Waals surface area contributed by atoms with Crippen LogP contribution in [0.1, 0.15) is 18.5 Å². The molecule has 4 aromatic rings. The highest BCUT2D eigenvalue weighted by Crippen LogP contribution is 2.24. The summed E-state index contributed by atoms with van der Waals surface area (Å²) < 4.78 is 1.82. The Bertz CT molecular complexity index is 1040. The number of amides is 1. The summed E-state index contributed by atoms with van der Waals surface area (Å²) in [4.78, 5) is 17.1. The van der Waals surface area contributed by atoms with Crippen LogP contribution in [0, 0.1) is 0 Å².